The zero-order chi connectivity index (χ0) is 16.8. The summed E-state index contributed by atoms with van der Waals surface area (Å²) in [6, 6.07) is 7.86. The van der Waals surface area contributed by atoms with Crippen LogP contribution in [-0.4, -0.2) is 54.9 Å². The summed E-state index contributed by atoms with van der Waals surface area (Å²) in [5, 5.41) is 0. The quantitative estimate of drug-likeness (QED) is 0.592. The molecular formula is C20H28N2O2. The molecule has 2 fully saturated rings. The van der Waals surface area contributed by atoms with Crippen LogP contribution < -0.4 is 4.74 Å². The molecular weight excluding hydrogens is 300 g/mol. The normalized spacial score (nSPS) is 22.2. The van der Waals surface area contributed by atoms with Crippen LogP contribution in [0.1, 0.15) is 42.5 Å². The highest BCUT2D eigenvalue weighted by Crippen LogP contribution is 2.20. The van der Waals surface area contributed by atoms with Gasteiger partial charge < -0.3 is 14.5 Å². The highest BCUT2D eigenvalue weighted by atomic mass is 16.5. The zero-order valence-electron chi connectivity index (χ0n) is 14.6. The molecule has 1 unspecified atom stereocenters. The second-order valence-corrected chi connectivity index (χ2v) is 6.80. The lowest BCUT2D eigenvalue weighted by molar-refractivity contribution is 0.104. The van der Waals surface area contributed by atoms with Gasteiger partial charge in [0.1, 0.15) is 5.75 Å². The molecule has 1 aromatic rings. The number of methoxy groups -OCH3 is 1. The molecule has 2 heterocycles. The van der Waals surface area contributed by atoms with Crippen molar-refractivity contribution in [1.82, 2.24) is 9.80 Å². The summed E-state index contributed by atoms with van der Waals surface area (Å²) in [7, 11) is 1.63. The van der Waals surface area contributed by atoms with Gasteiger partial charge in [0.25, 0.3) is 0 Å². The number of hydrogen-bond donors (Lipinski definition) is 0. The average Bonchev–Trinajstić information content (AvgIpc) is 3.14. The van der Waals surface area contributed by atoms with Crippen molar-refractivity contribution in [2.45, 2.75) is 38.1 Å². The molecule has 2 saturated heterocycles. The predicted octanol–water partition coefficient (Wildman–Crippen LogP) is 3.34. The molecule has 2 aliphatic rings. The number of ether oxygens (including phenoxy) is 1. The van der Waals surface area contributed by atoms with E-state index < -0.39 is 0 Å². The second kappa shape index (κ2) is 8.34. The molecule has 1 aromatic carbocycles. The highest BCUT2D eigenvalue weighted by Gasteiger charge is 2.23. The first-order valence-electron chi connectivity index (χ1n) is 9.11. The van der Waals surface area contributed by atoms with Crippen molar-refractivity contribution < 1.29 is 9.53 Å². The van der Waals surface area contributed by atoms with Gasteiger partial charge in [0, 0.05) is 37.0 Å². The van der Waals surface area contributed by atoms with E-state index in [1.165, 1.54) is 45.2 Å². The number of piperidine rings is 1. The van der Waals surface area contributed by atoms with E-state index in [0.29, 0.717) is 11.6 Å². The molecule has 24 heavy (non-hydrogen) atoms. The van der Waals surface area contributed by atoms with Crippen LogP contribution in [0.3, 0.4) is 0 Å². The van der Waals surface area contributed by atoms with E-state index in [1.54, 1.807) is 13.2 Å². The summed E-state index contributed by atoms with van der Waals surface area (Å²) < 4.78 is 5.14. The molecule has 2 aliphatic heterocycles. The fraction of sp³-hybridized carbons (Fsp3) is 0.550. The maximum absolute atomic E-state index is 12.4. The molecule has 0 N–H and O–H groups in total. The Morgan fingerprint density at radius 3 is 2.54 bits per heavy atom. The van der Waals surface area contributed by atoms with Gasteiger partial charge in [0.05, 0.1) is 7.11 Å². The number of allylic oxidation sites excluding steroid dienone is 1. The van der Waals surface area contributed by atoms with Gasteiger partial charge in [0.2, 0.25) is 0 Å². The van der Waals surface area contributed by atoms with Gasteiger partial charge in [0.15, 0.2) is 5.78 Å². The number of benzene rings is 1. The van der Waals surface area contributed by atoms with Crippen molar-refractivity contribution in [2.24, 2.45) is 0 Å². The maximum Gasteiger partial charge on any atom is 0.187 e. The lowest BCUT2D eigenvalue weighted by Gasteiger charge is -2.37. The summed E-state index contributed by atoms with van der Waals surface area (Å²) >= 11 is 0. The van der Waals surface area contributed by atoms with Gasteiger partial charge >= 0.3 is 0 Å². The van der Waals surface area contributed by atoms with Gasteiger partial charge in [-0.25, -0.2) is 0 Å². The van der Waals surface area contributed by atoms with Crippen molar-refractivity contribution in [1.29, 1.82) is 0 Å². The summed E-state index contributed by atoms with van der Waals surface area (Å²) in [4.78, 5) is 17.3. The third-order valence-electron chi connectivity index (χ3n) is 5.13. The Morgan fingerprint density at radius 2 is 1.83 bits per heavy atom. The molecule has 1 atom stereocenters. The molecule has 0 saturated carbocycles. The molecule has 0 amide bonds. The van der Waals surface area contributed by atoms with Gasteiger partial charge in [-0.1, -0.05) is 0 Å². The Morgan fingerprint density at radius 1 is 1.12 bits per heavy atom. The van der Waals surface area contributed by atoms with Gasteiger partial charge in [-0.3, -0.25) is 4.79 Å². The van der Waals surface area contributed by atoms with Crippen LogP contribution in [0.4, 0.5) is 0 Å². The maximum atomic E-state index is 12.4. The Bertz CT molecular complexity index is 562. The van der Waals surface area contributed by atoms with Crippen molar-refractivity contribution in [3.63, 3.8) is 0 Å². The first kappa shape index (κ1) is 17.0. The largest absolute Gasteiger partial charge is 0.497 e. The van der Waals surface area contributed by atoms with E-state index in [4.69, 9.17) is 4.74 Å². The third-order valence-corrected chi connectivity index (χ3v) is 5.13. The molecule has 130 valence electrons. The average molecular weight is 328 g/mol. The molecule has 0 spiro atoms. The van der Waals surface area contributed by atoms with E-state index in [1.807, 2.05) is 30.5 Å². The van der Waals surface area contributed by atoms with E-state index in [-0.39, 0.29) is 5.78 Å². The monoisotopic (exact) mass is 328 g/mol. The summed E-state index contributed by atoms with van der Waals surface area (Å²) in [6.45, 7) is 4.67. The van der Waals surface area contributed by atoms with Crippen molar-refractivity contribution in [3.05, 3.63) is 42.1 Å². The Kier molecular flexibility index (Phi) is 5.91. The fourth-order valence-corrected chi connectivity index (χ4v) is 3.69. The minimum absolute atomic E-state index is 0.0585. The van der Waals surface area contributed by atoms with Gasteiger partial charge in [-0.05, 0) is 69.5 Å². The van der Waals surface area contributed by atoms with Crippen LogP contribution in [0.15, 0.2) is 36.5 Å². The smallest absolute Gasteiger partial charge is 0.187 e. The van der Waals surface area contributed by atoms with Gasteiger partial charge in [-0.15, -0.1) is 0 Å². The van der Waals surface area contributed by atoms with Crippen LogP contribution in [0.5, 0.6) is 5.75 Å². The molecule has 0 bridgehead atoms. The SMILES string of the molecule is COc1ccc(C(=O)C=CN2CCCCC2CN2CCCC2)cc1. The van der Waals surface area contributed by atoms with Crippen LogP contribution in [0.2, 0.25) is 0 Å². The molecule has 0 aliphatic carbocycles. The third kappa shape index (κ3) is 4.38. The summed E-state index contributed by atoms with van der Waals surface area (Å²) in [6.07, 6.45) is 10.2. The highest BCUT2D eigenvalue weighted by molar-refractivity contribution is 6.04. The van der Waals surface area contributed by atoms with E-state index >= 15 is 0 Å². The molecule has 4 heteroatoms. The van der Waals surface area contributed by atoms with Crippen LogP contribution >= 0.6 is 0 Å². The van der Waals surface area contributed by atoms with Crippen LogP contribution in [0, 0.1) is 0 Å². The number of hydrogen-bond acceptors (Lipinski definition) is 4. The summed E-state index contributed by atoms with van der Waals surface area (Å²) in [5.74, 6) is 0.834. The lowest BCUT2D eigenvalue weighted by Crippen LogP contribution is -2.43. The molecule has 4 nitrogen and oxygen atoms in total. The minimum atomic E-state index is 0.0585. The lowest BCUT2D eigenvalue weighted by atomic mass is 10.0. The Balaban J connectivity index is 1.60. The van der Waals surface area contributed by atoms with Gasteiger partial charge in [-0.2, -0.15) is 0 Å². The fourth-order valence-electron chi connectivity index (χ4n) is 3.69. The Hall–Kier alpha value is -1.81. The first-order valence-corrected chi connectivity index (χ1v) is 9.11. The van der Waals surface area contributed by atoms with Crippen molar-refractivity contribution >= 4 is 5.78 Å². The topological polar surface area (TPSA) is 32.8 Å². The first-order chi connectivity index (χ1) is 11.8. The van der Waals surface area contributed by atoms with Crippen molar-refractivity contribution in [2.75, 3.05) is 33.3 Å². The standard InChI is InChI=1S/C20H28N2O2/c1-24-19-9-7-17(8-10-19)20(23)11-15-22-14-3-2-6-18(22)16-21-12-4-5-13-21/h7-11,15,18H,2-6,12-14,16H2,1H3. The van der Waals surface area contributed by atoms with Crippen LogP contribution in [0.25, 0.3) is 0 Å². The van der Waals surface area contributed by atoms with E-state index in [0.717, 1.165) is 18.8 Å². The minimum Gasteiger partial charge on any atom is -0.497 e. The molecule has 0 radical (unpaired) electrons. The van der Waals surface area contributed by atoms with Crippen LogP contribution in [-0.2, 0) is 0 Å². The van der Waals surface area contributed by atoms with E-state index in [9.17, 15) is 4.79 Å². The zero-order valence-corrected chi connectivity index (χ0v) is 14.6. The summed E-state index contributed by atoms with van der Waals surface area (Å²) in [5.41, 5.74) is 0.708. The number of likely N-dealkylation sites (tertiary alicyclic amines) is 2. The number of ketones is 1. The number of nitrogens with zero attached hydrogens (tertiary/aromatic N) is 2. The van der Waals surface area contributed by atoms with Crippen molar-refractivity contribution in [3.8, 4) is 5.75 Å². The molecule has 0 aromatic heterocycles. The van der Waals surface area contributed by atoms with E-state index in [2.05, 4.69) is 9.80 Å². The predicted molar refractivity (Wildman–Crippen MR) is 96.5 cm³/mol. The Labute approximate surface area is 145 Å². The number of carbonyl (C=O) groups is 1. The number of rotatable bonds is 6. The molecule has 3 rings (SSSR count). The second-order valence-electron chi connectivity index (χ2n) is 6.80. The number of carbonyl (C=O) groups excluding carboxylic acids is 1.